The average Bonchev–Trinajstić information content (AvgIpc) is 3.08. The Bertz CT molecular complexity index is 1160. The van der Waals surface area contributed by atoms with Crippen LogP contribution in [0.1, 0.15) is 10.4 Å². The average molecular weight is 436 g/mol. The molecule has 1 aliphatic rings. The topological polar surface area (TPSA) is 65.7 Å². The third-order valence-electron chi connectivity index (χ3n) is 5.26. The van der Waals surface area contributed by atoms with E-state index in [4.69, 9.17) is 21.1 Å². The first-order valence-corrected chi connectivity index (χ1v) is 10.4. The zero-order valence-corrected chi connectivity index (χ0v) is 18.0. The van der Waals surface area contributed by atoms with Crippen LogP contribution in [0, 0.1) is 0 Å². The van der Waals surface area contributed by atoms with Crippen molar-refractivity contribution >= 4 is 33.2 Å². The fourth-order valence-corrected chi connectivity index (χ4v) is 5.25. The lowest BCUT2D eigenvalue weighted by molar-refractivity contribution is -0.110. The van der Waals surface area contributed by atoms with Crippen LogP contribution in [0.5, 0.6) is 0 Å². The van der Waals surface area contributed by atoms with Gasteiger partial charge in [0.05, 0.1) is 17.6 Å². The van der Waals surface area contributed by atoms with E-state index in [-0.39, 0.29) is 12.1 Å². The Morgan fingerprint density at radius 2 is 1.86 bits per heavy atom. The molecular formula is C20H22ClN3O4S. The first-order valence-electron chi connectivity index (χ1n) is 9.24. The number of rotatable bonds is 5. The molecule has 0 bridgehead atoms. The summed E-state index contributed by atoms with van der Waals surface area (Å²) in [5.41, 5.74) is 0.808. The molecule has 0 radical (unpaired) electrons. The molecule has 0 amide bonds. The quantitative estimate of drug-likeness (QED) is 0.576. The minimum absolute atomic E-state index is 0.186. The number of thiophene rings is 1. The maximum Gasteiger partial charge on any atom is 0.336 e. The van der Waals surface area contributed by atoms with Gasteiger partial charge >= 0.3 is 5.69 Å². The zero-order chi connectivity index (χ0) is 20.7. The minimum atomic E-state index is -0.603. The Hall–Kier alpha value is -1.97. The molecule has 9 heteroatoms. The van der Waals surface area contributed by atoms with Crippen LogP contribution in [0.15, 0.2) is 33.9 Å². The lowest BCUT2D eigenvalue weighted by Crippen LogP contribution is -2.41. The summed E-state index contributed by atoms with van der Waals surface area (Å²) in [4.78, 5) is 30.9. The second-order valence-corrected chi connectivity index (χ2v) is 8.60. The van der Waals surface area contributed by atoms with Crippen LogP contribution >= 0.6 is 22.9 Å². The maximum absolute atomic E-state index is 13.5. The summed E-state index contributed by atoms with van der Waals surface area (Å²) < 4.78 is 13.5. The van der Waals surface area contributed by atoms with Crippen molar-refractivity contribution in [2.75, 3.05) is 27.8 Å². The number of halogens is 1. The van der Waals surface area contributed by atoms with Crippen LogP contribution in [-0.4, -0.2) is 48.1 Å². The van der Waals surface area contributed by atoms with E-state index in [2.05, 4.69) is 11.9 Å². The molecule has 0 N–H and O–H groups in total. The Labute approximate surface area is 176 Å². The predicted molar refractivity (Wildman–Crippen MR) is 115 cm³/mol. The standard InChI is InChI=1S/C20H22ClN3O4S/c1-22-9-8-14-15(10-22)29-19-17(14)18(25)24(13-6-4-12(21)5-7-13)20(26)23(19)11-16(27-2)28-3/h4-7,16H,8-11H2,1-3H3. The Morgan fingerprint density at radius 1 is 1.17 bits per heavy atom. The van der Waals surface area contributed by atoms with Crippen LogP contribution in [0.2, 0.25) is 5.02 Å². The molecule has 0 fully saturated rings. The van der Waals surface area contributed by atoms with Crippen molar-refractivity contribution in [3.63, 3.8) is 0 Å². The molecule has 0 aliphatic carbocycles. The van der Waals surface area contributed by atoms with Crippen molar-refractivity contribution in [3.8, 4) is 5.69 Å². The van der Waals surface area contributed by atoms with Gasteiger partial charge in [-0.15, -0.1) is 11.3 Å². The van der Waals surface area contributed by atoms with Gasteiger partial charge in [0.2, 0.25) is 0 Å². The molecule has 154 valence electrons. The highest BCUT2D eigenvalue weighted by Gasteiger charge is 2.26. The lowest BCUT2D eigenvalue weighted by atomic mass is 10.1. The monoisotopic (exact) mass is 435 g/mol. The number of fused-ring (bicyclic) bond motifs is 3. The Kier molecular flexibility index (Phi) is 5.63. The van der Waals surface area contributed by atoms with Gasteiger partial charge in [0.1, 0.15) is 4.83 Å². The van der Waals surface area contributed by atoms with Gasteiger partial charge in [0, 0.05) is 37.2 Å². The number of hydrogen-bond acceptors (Lipinski definition) is 6. The largest absolute Gasteiger partial charge is 0.354 e. The molecule has 4 rings (SSSR count). The maximum atomic E-state index is 13.5. The molecule has 3 heterocycles. The molecule has 0 saturated carbocycles. The van der Waals surface area contributed by atoms with Crippen molar-refractivity contribution in [2.24, 2.45) is 0 Å². The molecule has 2 aromatic heterocycles. The van der Waals surface area contributed by atoms with Gasteiger partial charge in [-0.2, -0.15) is 0 Å². The van der Waals surface area contributed by atoms with Gasteiger partial charge in [-0.25, -0.2) is 9.36 Å². The summed E-state index contributed by atoms with van der Waals surface area (Å²) in [7, 11) is 5.11. The van der Waals surface area contributed by atoms with E-state index < -0.39 is 12.0 Å². The zero-order valence-electron chi connectivity index (χ0n) is 16.5. The number of ether oxygens (including phenoxy) is 2. The van der Waals surface area contributed by atoms with Crippen LogP contribution in [0.4, 0.5) is 0 Å². The summed E-state index contributed by atoms with van der Waals surface area (Å²) in [6.07, 6.45) is 0.173. The normalized spacial score (nSPS) is 14.7. The van der Waals surface area contributed by atoms with Crippen molar-refractivity contribution < 1.29 is 9.47 Å². The van der Waals surface area contributed by atoms with Crippen molar-refractivity contribution in [3.05, 3.63) is 60.6 Å². The number of methoxy groups -OCH3 is 2. The van der Waals surface area contributed by atoms with E-state index in [0.29, 0.717) is 20.9 Å². The van der Waals surface area contributed by atoms with E-state index in [0.717, 1.165) is 30.0 Å². The van der Waals surface area contributed by atoms with E-state index in [1.54, 1.807) is 28.8 Å². The Morgan fingerprint density at radius 3 is 2.52 bits per heavy atom. The van der Waals surface area contributed by atoms with Crippen LogP contribution in [-0.2, 0) is 29.0 Å². The van der Waals surface area contributed by atoms with E-state index in [1.165, 1.54) is 30.1 Å². The number of nitrogens with zero attached hydrogens (tertiary/aromatic N) is 3. The third-order valence-corrected chi connectivity index (χ3v) is 6.75. The van der Waals surface area contributed by atoms with Gasteiger partial charge < -0.3 is 14.4 Å². The molecule has 29 heavy (non-hydrogen) atoms. The van der Waals surface area contributed by atoms with Crippen molar-refractivity contribution in [2.45, 2.75) is 25.8 Å². The molecule has 1 aromatic carbocycles. The highest BCUT2D eigenvalue weighted by molar-refractivity contribution is 7.18. The smallest absolute Gasteiger partial charge is 0.336 e. The minimum Gasteiger partial charge on any atom is -0.354 e. The number of likely N-dealkylation sites (N-methyl/N-ethyl adjacent to an activating group) is 1. The van der Waals surface area contributed by atoms with Crippen LogP contribution < -0.4 is 11.2 Å². The predicted octanol–water partition coefficient (Wildman–Crippen LogP) is 2.47. The van der Waals surface area contributed by atoms with Gasteiger partial charge in [-0.1, -0.05) is 11.6 Å². The highest BCUT2D eigenvalue weighted by Crippen LogP contribution is 2.33. The molecule has 1 aliphatic heterocycles. The molecule has 0 saturated heterocycles. The number of benzene rings is 1. The summed E-state index contributed by atoms with van der Waals surface area (Å²) in [6.45, 7) is 1.82. The first-order chi connectivity index (χ1) is 13.9. The molecule has 0 spiro atoms. The van der Waals surface area contributed by atoms with Gasteiger partial charge in [0.15, 0.2) is 6.29 Å². The van der Waals surface area contributed by atoms with E-state index >= 15 is 0 Å². The summed E-state index contributed by atoms with van der Waals surface area (Å²) in [5.74, 6) is 0. The van der Waals surface area contributed by atoms with Crippen LogP contribution in [0.25, 0.3) is 15.9 Å². The van der Waals surface area contributed by atoms with Gasteiger partial charge in [-0.3, -0.25) is 9.36 Å². The fraction of sp³-hybridized carbons (Fsp3) is 0.400. The highest BCUT2D eigenvalue weighted by atomic mass is 35.5. The van der Waals surface area contributed by atoms with E-state index in [9.17, 15) is 9.59 Å². The molecule has 0 atom stereocenters. The van der Waals surface area contributed by atoms with Crippen molar-refractivity contribution in [1.29, 1.82) is 0 Å². The lowest BCUT2D eigenvalue weighted by Gasteiger charge is -2.21. The molecular weight excluding hydrogens is 414 g/mol. The second kappa shape index (κ2) is 8.04. The summed E-state index contributed by atoms with van der Waals surface area (Å²) in [5, 5.41) is 1.15. The van der Waals surface area contributed by atoms with E-state index in [1.807, 2.05) is 0 Å². The van der Waals surface area contributed by atoms with Crippen LogP contribution in [0.3, 0.4) is 0 Å². The van der Waals surface area contributed by atoms with Crippen molar-refractivity contribution in [1.82, 2.24) is 14.0 Å². The molecule has 0 unspecified atom stereocenters. The second-order valence-electron chi connectivity index (χ2n) is 7.08. The van der Waals surface area contributed by atoms with Gasteiger partial charge in [-0.05, 0) is 43.3 Å². The third kappa shape index (κ3) is 3.55. The molecule has 7 nitrogen and oxygen atoms in total. The first kappa shape index (κ1) is 20.3. The Balaban J connectivity index is 2.04. The summed E-state index contributed by atoms with van der Waals surface area (Å²) >= 11 is 7.50. The number of aromatic nitrogens is 2. The molecule has 3 aromatic rings. The number of hydrogen-bond donors (Lipinski definition) is 0. The van der Waals surface area contributed by atoms with Gasteiger partial charge in [0.25, 0.3) is 5.56 Å². The summed E-state index contributed by atoms with van der Waals surface area (Å²) in [6, 6.07) is 6.70. The SMILES string of the molecule is COC(Cn1c(=O)n(-c2ccc(Cl)cc2)c(=O)c2c3c(sc21)CN(C)CC3)OC. The fourth-order valence-electron chi connectivity index (χ4n) is 3.71.